The fourth-order valence-electron chi connectivity index (χ4n) is 4.01. The number of hydrogen-bond donors (Lipinski definition) is 0. The highest BCUT2D eigenvalue weighted by Gasteiger charge is 2.34. The lowest BCUT2D eigenvalue weighted by atomic mass is 9.95. The van der Waals surface area contributed by atoms with Crippen molar-refractivity contribution in [3.8, 4) is 11.5 Å². The van der Waals surface area contributed by atoms with Crippen LogP contribution in [0.3, 0.4) is 0 Å². The Balaban J connectivity index is 1.95. The molecule has 0 aliphatic carbocycles. The number of carbonyl (C=O) groups is 1. The number of rotatable bonds is 7. The van der Waals surface area contributed by atoms with Crippen molar-refractivity contribution in [2.24, 2.45) is 4.99 Å². The molecule has 2 aromatic carbocycles. The van der Waals surface area contributed by atoms with Gasteiger partial charge in [0.1, 0.15) is 0 Å². The van der Waals surface area contributed by atoms with Crippen molar-refractivity contribution in [2.75, 3.05) is 20.8 Å². The zero-order chi connectivity index (χ0) is 26.0. The number of methoxy groups -OCH3 is 2. The molecule has 1 atom stereocenters. The number of nitro benzene ring substituents is 1. The van der Waals surface area contributed by atoms with Crippen LogP contribution < -0.4 is 24.4 Å². The van der Waals surface area contributed by atoms with Crippen molar-refractivity contribution in [3.05, 3.63) is 94.7 Å². The van der Waals surface area contributed by atoms with Gasteiger partial charge in [-0.15, -0.1) is 0 Å². The van der Waals surface area contributed by atoms with E-state index < -0.39 is 16.9 Å². The molecule has 3 aromatic rings. The second-order valence-corrected chi connectivity index (χ2v) is 8.78. The van der Waals surface area contributed by atoms with Crippen LogP contribution in [-0.2, 0) is 9.53 Å². The summed E-state index contributed by atoms with van der Waals surface area (Å²) in [6.45, 7) is 3.46. The highest BCUT2D eigenvalue weighted by molar-refractivity contribution is 7.07. The number of nitrogens with zero attached hydrogens (tertiary/aromatic N) is 3. The summed E-state index contributed by atoms with van der Waals surface area (Å²) in [5, 5.41) is 11.4. The van der Waals surface area contributed by atoms with Gasteiger partial charge in [-0.25, -0.2) is 9.79 Å². The molecule has 4 rings (SSSR count). The largest absolute Gasteiger partial charge is 0.493 e. The first-order valence-corrected chi connectivity index (χ1v) is 11.8. The maximum Gasteiger partial charge on any atom is 0.338 e. The maximum atomic E-state index is 13.6. The molecule has 0 fully saturated rings. The Morgan fingerprint density at radius 3 is 2.61 bits per heavy atom. The first-order chi connectivity index (χ1) is 17.3. The van der Waals surface area contributed by atoms with Gasteiger partial charge in [0.25, 0.3) is 11.2 Å². The number of esters is 1. The van der Waals surface area contributed by atoms with E-state index in [1.165, 1.54) is 37.0 Å². The number of ether oxygens (including phenoxy) is 3. The average Bonchev–Trinajstić information content (AvgIpc) is 3.17. The summed E-state index contributed by atoms with van der Waals surface area (Å²) in [6.07, 6.45) is 1.69. The molecule has 1 aliphatic heterocycles. The topological polar surface area (TPSA) is 122 Å². The van der Waals surface area contributed by atoms with Crippen LogP contribution in [0.5, 0.6) is 11.5 Å². The third-order valence-electron chi connectivity index (χ3n) is 5.62. The number of allylic oxidation sites excluding steroid dienone is 1. The monoisotopic (exact) mass is 509 g/mol. The number of non-ortho nitro benzene ring substituents is 1. The SMILES string of the molecule is CCOC(=O)C1=C(C)N=c2s/c(=C\c3ccc(OC)c(OC)c3)c(=O)n2C1c1cccc([N+](=O)[O-])c1. The summed E-state index contributed by atoms with van der Waals surface area (Å²) < 4.78 is 17.6. The van der Waals surface area contributed by atoms with E-state index in [4.69, 9.17) is 14.2 Å². The third kappa shape index (κ3) is 4.52. The molecular formula is C25H23N3O7S. The molecule has 0 spiro atoms. The number of hydrogen-bond acceptors (Lipinski definition) is 9. The van der Waals surface area contributed by atoms with Crippen LogP contribution >= 0.6 is 11.3 Å². The minimum Gasteiger partial charge on any atom is -0.493 e. The van der Waals surface area contributed by atoms with Crippen LogP contribution in [0, 0.1) is 10.1 Å². The molecule has 1 aromatic heterocycles. The number of benzene rings is 2. The van der Waals surface area contributed by atoms with Crippen LogP contribution in [0.1, 0.15) is 31.0 Å². The van der Waals surface area contributed by atoms with Gasteiger partial charge in [0.15, 0.2) is 16.3 Å². The fraction of sp³-hybridized carbons (Fsp3) is 0.240. The Bertz CT molecular complexity index is 1570. The molecule has 10 nitrogen and oxygen atoms in total. The van der Waals surface area contributed by atoms with Crippen molar-refractivity contribution in [1.29, 1.82) is 0 Å². The van der Waals surface area contributed by atoms with E-state index in [1.807, 2.05) is 0 Å². The van der Waals surface area contributed by atoms with Gasteiger partial charge < -0.3 is 14.2 Å². The van der Waals surface area contributed by atoms with E-state index in [2.05, 4.69) is 4.99 Å². The van der Waals surface area contributed by atoms with Gasteiger partial charge in [-0.2, -0.15) is 0 Å². The van der Waals surface area contributed by atoms with Crippen molar-refractivity contribution in [3.63, 3.8) is 0 Å². The normalized spacial score (nSPS) is 15.2. The molecule has 0 saturated carbocycles. The zero-order valence-corrected chi connectivity index (χ0v) is 20.8. The van der Waals surface area contributed by atoms with Gasteiger partial charge in [-0.1, -0.05) is 29.5 Å². The van der Waals surface area contributed by atoms with E-state index in [0.29, 0.717) is 37.7 Å². The minimum absolute atomic E-state index is 0.126. The molecule has 0 radical (unpaired) electrons. The number of fused-ring (bicyclic) bond motifs is 1. The van der Waals surface area contributed by atoms with Crippen LogP contribution in [0.4, 0.5) is 5.69 Å². The number of thiazole rings is 1. The Morgan fingerprint density at radius 2 is 1.94 bits per heavy atom. The van der Waals surface area contributed by atoms with Gasteiger partial charge in [0.05, 0.1) is 47.6 Å². The Kier molecular flexibility index (Phi) is 7.02. The standard InChI is InChI=1S/C25H23N3O7S/c1-5-35-24(30)21-14(2)26-25-27(22(21)16-7-6-8-17(13-16)28(31)32)23(29)20(36-25)12-15-9-10-18(33-3)19(11-15)34-4/h6-13,22H,5H2,1-4H3/b20-12-. The summed E-state index contributed by atoms with van der Waals surface area (Å²) in [7, 11) is 3.06. The van der Waals surface area contributed by atoms with Crippen LogP contribution in [0.2, 0.25) is 0 Å². The molecule has 2 heterocycles. The molecule has 0 amide bonds. The summed E-state index contributed by atoms with van der Waals surface area (Å²) in [5.41, 5.74) is 1.09. The predicted molar refractivity (Wildman–Crippen MR) is 133 cm³/mol. The van der Waals surface area contributed by atoms with E-state index >= 15 is 0 Å². The molecule has 11 heteroatoms. The molecule has 1 unspecified atom stereocenters. The Hall–Kier alpha value is -4.25. The summed E-state index contributed by atoms with van der Waals surface area (Å²) in [5.74, 6) is 0.426. The number of aromatic nitrogens is 1. The average molecular weight is 510 g/mol. The quantitative estimate of drug-likeness (QED) is 0.273. The molecule has 0 bridgehead atoms. The molecule has 0 N–H and O–H groups in total. The molecule has 0 saturated heterocycles. The van der Waals surface area contributed by atoms with Crippen molar-refractivity contribution < 1.29 is 23.9 Å². The van der Waals surface area contributed by atoms with Gasteiger partial charge in [0, 0.05) is 12.1 Å². The first-order valence-electron chi connectivity index (χ1n) is 10.9. The van der Waals surface area contributed by atoms with Crippen molar-refractivity contribution >= 4 is 29.1 Å². The van der Waals surface area contributed by atoms with Crippen LogP contribution in [0.25, 0.3) is 6.08 Å². The van der Waals surface area contributed by atoms with Gasteiger partial charge in [-0.3, -0.25) is 19.5 Å². The van der Waals surface area contributed by atoms with Gasteiger partial charge in [0.2, 0.25) is 0 Å². The molecular weight excluding hydrogens is 486 g/mol. The fourth-order valence-corrected chi connectivity index (χ4v) is 5.06. The second-order valence-electron chi connectivity index (χ2n) is 7.77. The van der Waals surface area contributed by atoms with E-state index in [1.54, 1.807) is 44.2 Å². The highest BCUT2D eigenvalue weighted by Crippen LogP contribution is 2.32. The zero-order valence-electron chi connectivity index (χ0n) is 20.0. The smallest absolute Gasteiger partial charge is 0.338 e. The molecule has 1 aliphatic rings. The first kappa shape index (κ1) is 24.9. The molecule has 36 heavy (non-hydrogen) atoms. The van der Waals surface area contributed by atoms with E-state index in [-0.39, 0.29) is 23.4 Å². The summed E-state index contributed by atoms with van der Waals surface area (Å²) in [6, 6.07) is 10.2. The number of nitro groups is 1. The molecule has 186 valence electrons. The van der Waals surface area contributed by atoms with Crippen molar-refractivity contribution in [1.82, 2.24) is 4.57 Å². The van der Waals surface area contributed by atoms with Crippen molar-refractivity contribution in [2.45, 2.75) is 19.9 Å². The maximum absolute atomic E-state index is 13.6. The Labute approximate surface area is 209 Å². The summed E-state index contributed by atoms with van der Waals surface area (Å²) >= 11 is 1.16. The minimum atomic E-state index is -0.937. The lowest BCUT2D eigenvalue weighted by Crippen LogP contribution is -2.40. The number of carbonyl (C=O) groups excluding carboxylic acids is 1. The second kappa shape index (κ2) is 10.2. The Morgan fingerprint density at radius 1 is 1.19 bits per heavy atom. The van der Waals surface area contributed by atoms with E-state index in [9.17, 15) is 19.7 Å². The highest BCUT2D eigenvalue weighted by atomic mass is 32.1. The lowest BCUT2D eigenvalue weighted by molar-refractivity contribution is -0.384. The van der Waals surface area contributed by atoms with E-state index in [0.717, 1.165) is 11.3 Å². The lowest BCUT2D eigenvalue weighted by Gasteiger charge is -2.24. The van der Waals surface area contributed by atoms with Crippen LogP contribution in [0.15, 0.2) is 63.5 Å². The van der Waals surface area contributed by atoms with Crippen LogP contribution in [-0.4, -0.2) is 36.3 Å². The predicted octanol–water partition coefficient (Wildman–Crippen LogP) is 2.72. The van der Waals surface area contributed by atoms with Gasteiger partial charge in [-0.05, 0) is 43.2 Å². The summed E-state index contributed by atoms with van der Waals surface area (Å²) in [4.78, 5) is 42.4. The third-order valence-corrected chi connectivity index (χ3v) is 6.60. The van der Waals surface area contributed by atoms with Gasteiger partial charge >= 0.3 is 5.97 Å².